The van der Waals surface area contributed by atoms with Crippen LogP contribution in [0.3, 0.4) is 0 Å². The fourth-order valence-electron chi connectivity index (χ4n) is 3.17. The van der Waals surface area contributed by atoms with Crippen LogP contribution in [0.1, 0.15) is 36.5 Å². The third kappa shape index (κ3) is 7.84. The Hall–Kier alpha value is -2.07. The summed E-state index contributed by atoms with van der Waals surface area (Å²) >= 11 is 0. The summed E-state index contributed by atoms with van der Waals surface area (Å²) < 4.78 is 17.4. The van der Waals surface area contributed by atoms with Gasteiger partial charge in [-0.25, -0.2) is 4.98 Å². The van der Waals surface area contributed by atoms with Crippen molar-refractivity contribution in [3.05, 3.63) is 53.2 Å². The summed E-state index contributed by atoms with van der Waals surface area (Å²) in [6.45, 7) is 7.39. The lowest BCUT2D eigenvalue weighted by Gasteiger charge is -2.18. The molecule has 1 fully saturated rings. The van der Waals surface area contributed by atoms with E-state index in [2.05, 4.69) is 52.7 Å². The average molecular weight is 540 g/mol. The summed E-state index contributed by atoms with van der Waals surface area (Å²) in [6, 6.07) is 10.2. The molecule has 0 radical (unpaired) electrons. The molecular weight excluding hydrogens is 507 g/mol. The molecule has 1 unspecified atom stereocenters. The minimum atomic E-state index is 0. The van der Waals surface area contributed by atoms with Gasteiger partial charge in [0, 0.05) is 43.9 Å². The summed E-state index contributed by atoms with van der Waals surface area (Å²) in [5.74, 6) is 2.27. The van der Waals surface area contributed by atoms with E-state index in [1.807, 2.05) is 12.1 Å². The summed E-state index contributed by atoms with van der Waals surface area (Å²) in [5.41, 5.74) is 3.25. The summed E-state index contributed by atoms with van der Waals surface area (Å²) in [6.07, 6.45) is 3.74. The molecule has 7 nitrogen and oxygen atoms in total. The minimum absolute atomic E-state index is 0. The van der Waals surface area contributed by atoms with Gasteiger partial charge in [-0.05, 0) is 31.0 Å². The van der Waals surface area contributed by atoms with Crippen LogP contribution in [0.15, 0.2) is 41.5 Å². The van der Waals surface area contributed by atoms with Gasteiger partial charge in [0.15, 0.2) is 5.96 Å². The number of guanidine groups is 1. The number of nitrogens with one attached hydrogen (secondary N) is 2. The van der Waals surface area contributed by atoms with Gasteiger partial charge in [-0.1, -0.05) is 25.1 Å². The third-order valence-electron chi connectivity index (χ3n) is 4.81. The fourth-order valence-corrected chi connectivity index (χ4v) is 3.17. The highest BCUT2D eigenvalue weighted by atomic mass is 127. The molecule has 170 valence electrons. The lowest BCUT2D eigenvalue weighted by molar-refractivity contribution is 0.140. The molecule has 0 spiro atoms. The Labute approximate surface area is 202 Å². The Kier molecular flexibility index (Phi) is 10.9. The smallest absolute Gasteiger partial charge is 0.218 e. The van der Waals surface area contributed by atoms with E-state index in [0.29, 0.717) is 38.1 Å². The summed E-state index contributed by atoms with van der Waals surface area (Å²) in [5, 5.41) is 6.70. The van der Waals surface area contributed by atoms with Crippen molar-refractivity contribution < 1.29 is 14.2 Å². The second-order valence-corrected chi connectivity index (χ2v) is 7.31. The van der Waals surface area contributed by atoms with Crippen LogP contribution in [0.25, 0.3) is 0 Å². The fraction of sp³-hybridized carbons (Fsp3) is 0.478. The molecule has 1 aromatic heterocycles. The number of nitrogens with zero attached hydrogens (tertiary/aromatic N) is 2. The van der Waals surface area contributed by atoms with Crippen molar-refractivity contribution in [3.63, 3.8) is 0 Å². The van der Waals surface area contributed by atoms with Crippen molar-refractivity contribution in [2.45, 2.75) is 45.9 Å². The van der Waals surface area contributed by atoms with Crippen LogP contribution in [0.4, 0.5) is 0 Å². The molecule has 2 aromatic rings. The Morgan fingerprint density at radius 2 is 2.03 bits per heavy atom. The zero-order chi connectivity index (χ0) is 21.2. The first kappa shape index (κ1) is 25.2. The van der Waals surface area contributed by atoms with E-state index in [9.17, 15) is 0 Å². The highest BCUT2D eigenvalue weighted by Gasteiger charge is 2.19. The first-order valence-corrected chi connectivity index (χ1v) is 10.5. The number of rotatable bonds is 9. The van der Waals surface area contributed by atoms with E-state index in [1.165, 1.54) is 5.56 Å². The molecule has 1 aromatic carbocycles. The highest BCUT2D eigenvalue weighted by Crippen LogP contribution is 2.24. The monoisotopic (exact) mass is 540 g/mol. The number of benzene rings is 1. The topological polar surface area (TPSA) is 77.0 Å². The van der Waals surface area contributed by atoms with Crippen molar-refractivity contribution in [1.82, 2.24) is 15.6 Å². The van der Waals surface area contributed by atoms with Gasteiger partial charge < -0.3 is 24.8 Å². The maximum absolute atomic E-state index is 6.19. The van der Waals surface area contributed by atoms with E-state index in [4.69, 9.17) is 14.2 Å². The number of aromatic nitrogens is 1. The molecule has 0 aliphatic carbocycles. The third-order valence-corrected chi connectivity index (χ3v) is 4.81. The maximum Gasteiger partial charge on any atom is 0.218 e. The lowest BCUT2D eigenvalue weighted by Crippen LogP contribution is -2.36. The van der Waals surface area contributed by atoms with Crippen LogP contribution in [-0.2, 0) is 17.8 Å². The zero-order valence-electron chi connectivity index (χ0n) is 18.5. The van der Waals surface area contributed by atoms with Gasteiger partial charge in [-0.2, -0.15) is 0 Å². The Morgan fingerprint density at radius 3 is 2.74 bits per heavy atom. The molecule has 1 aliphatic heterocycles. The normalized spacial score (nSPS) is 15.8. The minimum Gasteiger partial charge on any atom is -0.488 e. The number of pyridine rings is 1. The predicted octanol–water partition coefficient (Wildman–Crippen LogP) is 3.83. The van der Waals surface area contributed by atoms with E-state index in [-0.39, 0.29) is 30.1 Å². The highest BCUT2D eigenvalue weighted by molar-refractivity contribution is 14.0. The van der Waals surface area contributed by atoms with Gasteiger partial charge >= 0.3 is 0 Å². The molecule has 2 N–H and O–H groups in total. The molecule has 0 amide bonds. The molecule has 8 heteroatoms. The predicted molar refractivity (Wildman–Crippen MR) is 134 cm³/mol. The molecule has 1 aliphatic rings. The standard InChI is InChI=1S/C23H32N4O3.HI/c1-4-11-29-22-19(6-5-10-25-22)15-27-23(24-3)26-14-18-8-7-17(2)13-21(18)30-20-9-12-28-16-20;/h5-8,10,13,20H,4,9,11-12,14-16H2,1-3H3,(H2,24,26,27);1H. The van der Waals surface area contributed by atoms with Gasteiger partial charge in [0.1, 0.15) is 11.9 Å². The Morgan fingerprint density at radius 1 is 1.23 bits per heavy atom. The maximum atomic E-state index is 6.19. The van der Waals surface area contributed by atoms with Crippen molar-refractivity contribution in [2.24, 2.45) is 4.99 Å². The van der Waals surface area contributed by atoms with Crippen LogP contribution in [0.2, 0.25) is 0 Å². The van der Waals surface area contributed by atoms with Crippen LogP contribution in [-0.4, -0.2) is 43.9 Å². The first-order chi connectivity index (χ1) is 14.7. The van der Waals surface area contributed by atoms with Gasteiger partial charge in [0.05, 0.1) is 19.8 Å². The average Bonchev–Trinajstić information content (AvgIpc) is 3.27. The van der Waals surface area contributed by atoms with Crippen LogP contribution < -0.4 is 20.1 Å². The number of ether oxygens (including phenoxy) is 3. The number of hydrogen-bond acceptors (Lipinski definition) is 5. The largest absolute Gasteiger partial charge is 0.488 e. The van der Waals surface area contributed by atoms with Gasteiger partial charge in [0.2, 0.25) is 5.88 Å². The number of aryl methyl sites for hydroxylation is 1. The van der Waals surface area contributed by atoms with Crippen LogP contribution >= 0.6 is 24.0 Å². The number of halogens is 1. The quantitative estimate of drug-likeness (QED) is 0.286. The summed E-state index contributed by atoms with van der Waals surface area (Å²) in [4.78, 5) is 8.67. The number of aliphatic imine (C=N–C) groups is 1. The lowest BCUT2D eigenvalue weighted by atomic mass is 10.1. The molecule has 0 bridgehead atoms. The van der Waals surface area contributed by atoms with Gasteiger partial charge in [-0.15, -0.1) is 24.0 Å². The van der Waals surface area contributed by atoms with E-state index < -0.39 is 0 Å². The second kappa shape index (κ2) is 13.4. The molecule has 0 saturated carbocycles. The molecule has 1 atom stereocenters. The summed E-state index contributed by atoms with van der Waals surface area (Å²) in [7, 11) is 1.76. The van der Waals surface area contributed by atoms with Gasteiger partial charge in [0.25, 0.3) is 0 Å². The molecule has 3 rings (SSSR count). The first-order valence-electron chi connectivity index (χ1n) is 10.5. The van der Waals surface area contributed by atoms with Crippen molar-refractivity contribution in [3.8, 4) is 11.6 Å². The van der Waals surface area contributed by atoms with Crippen LogP contribution in [0, 0.1) is 6.92 Å². The van der Waals surface area contributed by atoms with Crippen molar-refractivity contribution >= 4 is 29.9 Å². The van der Waals surface area contributed by atoms with Crippen molar-refractivity contribution in [1.29, 1.82) is 0 Å². The molecule has 31 heavy (non-hydrogen) atoms. The van der Waals surface area contributed by atoms with E-state index in [0.717, 1.165) is 36.3 Å². The molecule has 1 saturated heterocycles. The Bertz CT molecular complexity index is 841. The van der Waals surface area contributed by atoms with E-state index >= 15 is 0 Å². The van der Waals surface area contributed by atoms with Crippen molar-refractivity contribution in [2.75, 3.05) is 26.9 Å². The molecular formula is C23H33IN4O3. The van der Waals surface area contributed by atoms with Gasteiger partial charge in [-0.3, -0.25) is 4.99 Å². The van der Waals surface area contributed by atoms with E-state index in [1.54, 1.807) is 13.2 Å². The number of hydrogen-bond donors (Lipinski definition) is 2. The molecule has 2 heterocycles. The second-order valence-electron chi connectivity index (χ2n) is 7.31. The Balaban J connectivity index is 0.00000341. The zero-order valence-corrected chi connectivity index (χ0v) is 20.8. The van der Waals surface area contributed by atoms with Crippen LogP contribution in [0.5, 0.6) is 11.6 Å². The SMILES string of the molecule is CCCOc1ncccc1CNC(=NC)NCc1ccc(C)cc1OC1CCOC1.I.